The number of hydrogen-bond donors (Lipinski definition) is 2. The number of hydrogen-bond acceptors (Lipinski definition) is 2. The van der Waals surface area contributed by atoms with E-state index >= 15 is 0 Å². The van der Waals surface area contributed by atoms with Gasteiger partial charge in [-0.05, 0) is 41.5 Å². The van der Waals surface area contributed by atoms with Crippen LogP contribution in [-0.4, -0.2) is 16.1 Å². The molecule has 0 saturated heterocycles. The molecule has 0 atom stereocenters. The highest BCUT2D eigenvalue weighted by molar-refractivity contribution is 5.94. The number of aromatic amines is 1. The second-order valence-electron chi connectivity index (χ2n) is 6.99. The van der Waals surface area contributed by atoms with Gasteiger partial charge in [-0.25, -0.2) is 0 Å². The molecule has 7 heteroatoms. The predicted octanol–water partition coefficient (Wildman–Crippen LogP) is 5.69. The van der Waals surface area contributed by atoms with Gasteiger partial charge in [-0.3, -0.25) is 9.89 Å². The van der Waals surface area contributed by atoms with Crippen molar-refractivity contribution in [1.29, 1.82) is 0 Å². The summed E-state index contributed by atoms with van der Waals surface area (Å²) >= 11 is 0. The van der Waals surface area contributed by atoms with Gasteiger partial charge in [0.1, 0.15) is 0 Å². The zero-order valence-corrected chi connectivity index (χ0v) is 16.3. The fourth-order valence-corrected chi connectivity index (χ4v) is 3.15. The molecule has 1 amide bonds. The summed E-state index contributed by atoms with van der Waals surface area (Å²) in [6.07, 6.45) is -4.41. The fraction of sp³-hybridized carbons (Fsp3) is 0.0833. The summed E-state index contributed by atoms with van der Waals surface area (Å²) in [5, 5.41) is 9.84. The van der Waals surface area contributed by atoms with Crippen molar-refractivity contribution in [3.8, 4) is 22.5 Å². The van der Waals surface area contributed by atoms with Crippen LogP contribution in [0.15, 0.2) is 84.9 Å². The zero-order chi connectivity index (χ0) is 21.8. The van der Waals surface area contributed by atoms with Gasteiger partial charge in [0.05, 0.1) is 17.0 Å². The van der Waals surface area contributed by atoms with Gasteiger partial charge in [-0.2, -0.15) is 18.3 Å². The van der Waals surface area contributed by atoms with Crippen LogP contribution in [-0.2, 0) is 12.7 Å². The molecule has 0 fully saturated rings. The summed E-state index contributed by atoms with van der Waals surface area (Å²) in [5.41, 5.74) is 2.98. The molecule has 0 aliphatic rings. The van der Waals surface area contributed by atoms with E-state index in [2.05, 4.69) is 15.5 Å². The Hall–Kier alpha value is -3.87. The third kappa shape index (κ3) is 4.83. The third-order valence-corrected chi connectivity index (χ3v) is 4.82. The number of amides is 1. The molecule has 0 aliphatic heterocycles. The van der Waals surface area contributed by atoms with E-state index in [1.165, 1.54) is 6.07 Å². The highest BCUT2D eigenvalue weighted by Crippen LogP contribution is 2.32. The van der Waals surface area contributed by atoms with E-state index < -0.39 is 11.7 Å². The van der Waals surface area contributed by atoms with Crippen molar-refractivity contribution in [2.24, 2.45) is 0 Å². The first-order chi connectivity index (χ1) is 14.9. The lowest BCUT2D eigenvalue weighted by molar-refractivity contribution is -0.137. The number of carbonyl (C=O) groups is 1. The number of benzene rings is 3. The Morgan fingerprint density at radius 3 is 2.32 bits per heavy atom. The number of nitrogens with one attached hydrogen (secondary N) is 2. The molecule has 31 heavy (non-hydrogen) atoms. The fourth-order valence-electron chi connectivity index (χ4n) is 3.15. The van der Waals surface area contributed by atoms with Crippen LogP contribution in [0.25, 0.3) is 22.5 Å². The maximum atomic E-state index is 12.9. The number of rotatable bonds is 5. The summed E-state index contributed by atoms with van der Waals surface area (Å²) < 4.78 is 38.8. The first-order valence-corrected chi connectivity index (χ1v) is 9.56. The van der Waals surface area contributed by atoms with Gasteiger partial charge < -0.3 is 5.32 Å². The van der Waals surface area contributed by atoms with Crippen molar-refractivity contribution in [3.05, 3.63) is 102 Å². The Kier molecular flexibility index (Phi) is 5.58. The summed E-state index contributed by atoms with van der Waals surface area (Å²) in [5.74, 6) is -0.190. The molecule has 0 bridgehead atoms. The molecule has 1 heterocycles. The van der Waals surface area contributed by atoms with Crippen molar-refractivity contribution in [3.63, 3.8) is 0 Å². The van der Waals surface area contributed by atoms with Crippen molar-refractivity contribution in [2.45, 2.75) is 12.7 Å². The molecule has 0 radical (unpaired) electrons. The Labute approximate surface area is 176 Å². The molecule has 4 aromatic rings. The summed E-state index contributed by atoms with van der Waals surface area (Å²) in [4.78, 5) is 12.3. The van der Waals surface area contributed by atoms with E-state index in [4.69, 9.17) is 0 Å². The standard InChI is InChI=1S/C24H18F3N3O/c25-24(26,27)20-8-4-7-19(13-20)22-14-21(29-30-22)17-9-11-18(12-10-17)23(31)28-15-16-5-2-1-3-6-16/h1-14H,15H2,(H,28,31)(H,29,30). The minimum atomic E-state index is -4.41. The van der Waals surface area contributed by atoms with Crippen LogP contribution in [0.2, 0.25) is 0 Å². The Morgan fingerprint density at radius 2 is 1.61 bits per heavy atom. The SMILES string of the molecule is O=C(NCc1ccccc1)c1ccc(-c2cc(-c3cccc(C(F)(F)F)c3)n[nH]2)cc1. The molecule has 0 aliphatic carbocycles. The quantitative estimate of drug-likeness (QED) is 0.435. The molecule has 0 unspecified atom stereocenters. The average molecular weight is 421 g/mol. The van der Waals surface area contributed by atoms with Crippen molar-refractivity contribution >= 4 is 5.91 Å². The van der Waals surface area contributed by atoms with Gasteiger partial charge in [0.2, 0.25) is 0 Å². The highest BCUT2D eigenvalue weighted by Gasteiger charge is 2.30. The van der Waals surface area contributed by atoms with Crippen LogP contribution in [0, 0.1) is 0 Å². The third-order valence-electron chi connectivity index (χ3n) is 4.82. The van der Waals surface area contributed by atoms with Crippen LogP contribution in [0.4, 0.5) is 13.2 Å². The van der Waals surface area contributed by atoms with Gasteiger partial charge >= 0.3 is 6.18 Å². The molecule has 4 rings (SSSR count). The lowest BCUT2D eigenvalue weighted by Gasteiger charge is -2.07. The molecule has 156 valence electrons. The van der Waals surface area contributed by atoms with Crippen molar-refractivity contribution in [2.75, 3.05) is 0 Å². The summed E-state index contributed by atoms with van der Waals surface area (Å²) in [6.45, 7) is 0.433. The Bertz CT molecular complexity index is 1180. The second kappa shape index (κ2) is 8.47. The van der Waals surface area contributed by atoms with E-state index in [0.717, 1.165) is 23.3 Å². The van der Waals surface area contributed by atoms with E-state index in [-0.39, 0.29) is 5.91 Å². The van der Waals surface area contributed by atoms with E-state index in [1.54, 1.807) is 36.4 Å². The van der Waals surface area contributed by atoms with Crippen LogP contribution in [0.1, 0.15) is 21.5 Å². The molecule has 3 aromatic carbocycles. The van der Waals surface area contributed by atoms with Crippen molar-refractivity contribution < 1.29 is 18.0 Å². The molecule has 1 aromatic heterocycles. The van der Waals surface area contributed by atoms with Gasteiger partial charge in [-0.1, -0.05) is 54.6 Å². The molecular formula is C24H18F3N3O. The van der Waals surface area contributed by atoms with Gasteiger partial charge in [0, 0.05) is 17.7 Å². The van der Waals surface area contributed by atoms with Crippen LogP contribution < -0.4 is 5.32 Å². The Balaban J connectivity index is 1.47. The van der Waals surface area contributed by atoms with Crippen LogP contribution in [0.3, 0.4) is 0 Å². The number of aromatic nitrogens is 2. The molecule has 0 saturated carbocycles. The number of alkyl halides is 3. The van der Waals surface area contributed by atoms with Gasteiger partial charge in [0.25, 0.3) is 5.91 Å². The maximum Gasteiger partial charge on any atom is 0.416 e. The Morgan fingerprint density at radius 1 is 0.871 bits per heavy atom. The van der Waals surface area contributed by atoms with Crippen LogP contribution >= 0.6 is 0 Å². The van der Waals surface area contributed by atoms with E-state index in [1.807, 2.05) is 30.3 Å². The normalized spacial score (nSPS) is 11.3. The number of carbonyl (C=O) groups excluding carboxylic acids is 1. The largest absolute Gasteiger partial charge is 0.416 e. The van der Waals surface area contributed by atoms with Crippen LogP contribution in [0.5, 0.6) is 0 Å². The highest BCUT2D eigenvalue weighted by atomic mass is 19.4. The first kappa shape index (κ1) is 20.4. The monoisotopic (exact) mass is 421 g/mol. The molecule has 2 N–H and O–H groups in total. The number of halogens is 3. The lowest BCUT2D eigenvalue weighted by Crippen LogP contribution is -2.22. The molecular weight excluding hydrogens is 403 g/mol. The molecule has 0 spiro atoms. The van der Waals surface area contributed by atoms with Gasteiger partial charge in [-0.15, -0.1) is 0 Å². The summed E-state index contributed by atoms with van der Waals surface area (Å²) in [6, 6.07) is 23.2. The second-order valence-corrected chi connectivity index (χ2v) is 6.99. The van der Waals surface area contributed by atoms with Crippen molar-refractivity contribution in [1.82, 2.24) is 15.5 Å². The van der Waals surface area contributed by atoms with Gasteiger partial charge in [0.15, 0.2) is 0 Å². The number of H-pyrrole nitrogens is 1. The van der Waals surface area contributed by atoms with E-state index in [9.17, 15) is 18.0 Å². The zero-order valence-electron chi connectivity index (χ0n) is 16.3. The van der Waals surface area contributed by atoms with E-state index in [0.29, 0.717) is 29.1 Å². The topological polar surface area (TPSA) is 57.8 Å². The predicted molar refractivity (Wildman–Crippen MR) is 112 cm³/mol. The first-order valence-electron chi connectivity index (χ1n) is 9.56. The lowest BCUT2D eigenvalue weighted by atomic mass is 10.1. The minimum Gasteiger partial charge on any atom is -0.348 e. The smallest absolute Gasteiger partial charge is 0.348 e. The molecule has 4 nitrogen and oxygen atoms in total. The number of nitrogens with zero attached hydrogens (tertiary/aromatic N) is 1. The minimum absolute atomic E-state index is 0.190. The maximum absolute atomic E-state index is 12.9. The average Bonchev–Trinajstić information content (AvgIpc) is 3.28. The summed E-state index contributed by atoms with van der Waals surface area (Å²) in [7, 11) is 0.